The van der Waals surface area contributed by atoms with Crippen LogP contribution in [0.1, 0.15) is 21.6 Å². The lowest BCUT2D eigenvalue weighted by atomic mass is 10.1. The van der Waals surface area contributed by atoms with Crippen molar-refractivity contribution < 1.29 is 14.7 Å². The Morgan fingerprint density at radius 3 is 2.71 bits per heavy atom. The highest BCUT2D eigenvalue weighted by Gasteiger charge is 2.14. The predicted molar refractivity (Wildman–Crippen MR) is 76.0 cm³/mol. The van der Waals surface area contributed by atoms with Crippen LogP contribution >= 0.6 is 0 Å². The Hall–Kier alpha value is -2.96. The number of para-hydroxylation sites is 1. The van der Waals surface area contributed by atoms with Crippen LogP contribution in [0.25, 0.3) is 0 Å². The number of urea groups is 1. The zero-order chi connectivity index (χ0) is 15.2. The van der Waals surface area contributed by atoms with E-state index in [0.717, 1.165) is 0 Å². The van der Waals surface area contributed by atoms with Gasteiger partial charge < -0.3 is 15.7 Å². The lowest BCUT2D eigenvalue weighted by molar-refractivity contribution is 0.0698. The van der Waals surface area contributed by atoms with Gasteiger partial charge in [0.25, 0.3) is 0 Å². The first kappa shape index (κ1) is 14.4. The molecular formula is C14H14N4O3. The summed E-state index contributed by atoms with van der Waals surface area (Å²) >= 11 is 0. The molecule has 0 aliphatic rings. The first-order valence-electron chi connectivity index (χ1n) is 6.22. The topological polar surface area (TPSA) is 104 Å². The van der Waals surface area contributed by atoms with Crippen LogP contribution in [0.15, 0.2) is 36.5 Å². The van der Waals surface area contributed by atoms with Crippen molar-refractivity contribution in [3.63, 3.8) is 0 Å². The number of anilines is 1. The summed E-state index contributed by atoms with van der Waals surface area (Å²) in [6, 6.07) is 7.73. The maximum Gasteiger partial charge on any atom is 0.337 e. The monoisotopic (exact) mass is 286 g/mol. The minimum Gasteiger partial charge on any atom is -0.478 e. The quantitative estimate of drug-likeness (QED) is 0.795. The number of carbonyl (C=O) groups excluding carboxylic acids is 1. The van der Waals surface area contributed by atoms with Crippen molar-refractivity contribution in [3.8, 4) is 0 Å². The van der Waals surface area contributed by atoms with E-state index in [0.29, 0.717) is 11.3 Å². The third kappa shape index (κ3) is 3.75. The Labute approximate surface area is 121 Å². The average Bonchev–Trinajstić information content (AvgIpc) is 2.48. The van der Waals surface area contributed by atoms with E-state index in [1.54, 1.807) is 31.2 Å². The number of nitrogens with one attached hydrogen (secondary N) is 2. The molecule has 7 heteroatoms. The van der Waals surface area contributed by atoms with Crippen LogP contribution in [0.4, 0.5) is 10.5 Å². The number of hydrogen-bond donors (Lipinski definition) is 3. The van der Waals surface area contributed by atoms with Gasteiger partial charge in [-0.25, -0.2) is 9.59 Å². The molecule has 2 amide bonds. The molecule has 0 unspecified atom stereocenters. The van der Waals surface area contributed by atoms with Crippen LogP contribution in [0.2, 0.25) is 0 Å². The number of rotatable bonds is 4. The van der Waals surface area contributed by atoms with Gasteiger partial charge in [-0.2, -0.15) is 10.2 Å². The van der Waals surface area contributed by atoms with Gasteiger partial charge in [-0.1, -0.05) is 12.1 Å². The third-order valence-electron chi connectivity index (χ3n) is 2.80. The van der Waals surface area contributed by atoms with Crippen molar-refractivity contribution in [1.82, 2.24) is 15.5 Å². The van der Waals surface area contributed by atoms with Gasteiger partial charge in [-0.15, -0.1) is 0 Å². The summed E-state index contributed by atoms with van der Waals surface area (Å²) in [4.78, 5) is 23.0. The second-order valence-corrected chi connectivity index (χ2v) is 4.33. The summed E-state index contributed by atoms with van der Waals surface area (Å²) < 4.78 is 0. The van der Waals surface area contributed by atoms with Crippen LogP contribution in [-0.2, 0) is 6.54 Å². The van der Waals surface area contributed by atoms with Crippen molar-refractivity contribution in [2.45, 2.75) is 13.5 Å². The zero-order valence-corrected chi connectivity index (χ0v) is 11.3. The third-order valence-corrected chi connectivity index (χ3v) is 2.80. The van der Waals surface area contributed by atoms with E-state index in [-0.39, 0.29) is 17.8 Å². The number of benzene rings is 1. The van der Waals surface area contributed by atoms with Gasteiger partial charge in [0.2, 0.25) is 0 Å². The molecule has 0 saturated heterocycles. The predicted octanol–water partition coefficient (Wildman–Crippen LogP) is 1.80. The Kier molecular flexibility index (Phi) is 4.45. The Morgan fingerprint density at radius 2 is 2.05 bits per heavy atom. The number of carbonyl (C=O) groups is 2. The van der Waals surface area contributed by atoms with E-state index in [1.807, 2.05) is 0 Å². The number of hydrogen-bond acceptors (Lipinski definition) is 4. The second kappa shape index (κ2) is 6.47. The molecule has 0 atom stereocenters. The lowest BCUT2D eigenvalue weighted by Crippen LogP contribution is -2.29. The number of aryl methyl sites for hydroxylation is 1. The molecule has 1 heterocycles. The lowest BCUT2D eigenvalue weighted by Gasteiger charge is -2.12. The average molecular weight is 286 g/mol. The molecule has 21 heavy (non-hydrogen) atoms. The largest absolute Gasteiger partial charge is 0.478 e. The van der Waals surface area contributed by atoms with Crippen molar-refractivity contribution in [1.29, 1.82) is 0 Å². The zero-order valence-electron chi connectivity index (χ0n) is 11.3. The van der Waals surface area contributed by atoms with Crippen molar-refractivity contribution in [2.24, 2.45) is 0 Å². The van der Waals surface area contributed by atoms with Crippen molar-refractivity contribution >= 4 is 17.7 Å². The minimum absolute atomic E-state index is 0.0460. The van der Waals surface area contributed by atoms with Gasteiger partial charge in [0.1, 0.15) is 0 Å². The van der Waals surface area contributed by atoms with Crippen LogP contribution < -0.4 is 10.6 Å². The van der Waals surface area contributed by atoms with Gasteiger partial charge in [0.15, 0.2) is 0 Å². The molecule has 7 nitrogen and oxygen atoms in total. The molecule has 0 saturated carbocycles. The summed E-state index contributed by atoms with van der Waals surface area (Å²) in [6.45, 7) is 1.93. The summed E-state index contributed by atoms with van der Waals surface area (Å²) in [5, 5.41) is 21.8. The summed E-state index contributed by atoms with van der Waals surface area (Å²) in [5.41, 5.74) is 1.60. The fraction of sp³-hybridized carbons (Fsp3) is 0.143. The standard InChI is InChI=1S/C14H14N4O3/c1-9-4-2-6-11(13(19)20)12(9)17-14(21)15-8-10-5-3-7-16-18-10/h2-7H,8H2,1H3,(H,19,20)(H2,15,17,21). The molecule has 0 radical (unpaired) electrons. The Morgan fingerprint density at radius 1 is 1.24 bits per heavy atom. The minimum atomic E-state index is -1.09. The first-order chi connectivity index (χ1) is 10.1. The maximum absolute atomic E-state index is 11.8. The number of carboxylic acid groups (broad SMARTS) is 1. The molecule has 0 fully saturated rings. The van der Waals surface area contributed by atoms with Gasteiger partial charge in [-0.05, 0) is 30.7 Å². The maximum atomic E-state index is 11.8. The van der Waals surface area contributed by atoms with Crippen molar-refractivity contribution in [2.75, 3.05) is 5.32 Å². The molecule has 1 aromatic heterocycles. The number of carboxylic acids is 1. The van der Waals surface area contributed by atoms with E-state index >= 15 is 0 Å². The van der Waals surface area contributed by atoms with Crippen LogP contribution in [-0.4, -0.2) is 27.3 Å². The summed E-state index contributed by atoms with van der Waals surface area (Å²) in [7, 11) is 0. The molecule has 108 valence electrons. The van der Waals surface area contributed by atoms with Gasteiger partial charge in [-0.3, -0.25) is 0 Å². The molecule has 1 aromatic carbocycles. The first-order valence-corrected chi connectivity index (χ1v) is 6.22. The van der Waals surface area contributed by atoms with Crippen LogP contribution in [0.3, 0.4) is 0 Å². The van der Waals surface area contributed by atoms with E-state index in [4.69, 9.17) is 5.11 Å². The van der Waals surface area contributed by atoms with Crippen molar-refractivity contribution in [3.05, 3.63) is 53.3 Å². The normalized spacial score (nSPS) is 9.95. The number of aromatic nitrogens is 2. The van der Waals surface area contributed by atoms with E-state index in [2.05, 4.69) is 20.8 Å². The summed E-state index contributed by atoms with van der Waals surface area (Å²) in [6.07, 6.45) is 1.54. The molecule has 0 aliphatic carbocycles. The Bertz CT molecular complexity index is 659. The van der Waals surface area contributed by atoms with Crippen LogP contribution in [0.5, 0.6) is 0 Å². The van der Waals surface area contributed by atoms with Crippen LogP contribution in [0, 0.1) is 6.92 Å². The van der Waals surface area contributed by atoms with Gasteiger partial charge in [0, 0.05) is 6.20 Å². The molecule has 2 rings (SSSR count). The molecule has 0 aliphatic heterocycles. The highest BCUT2D eigenvalue weighted by Crippen LogP contribution is 2.20. The fourth-order valence-electron chi connectivity index (χ4n) is 1.77. The summed E-state index contributed by atoms with van der Waals surface area (Å²) in [5.74, 6) is -1.09. The number of amides is 2. The van der Waals surface area contributed by atoms with Gasteiger partial charge >= 0.3 is 12.0 Å². The smallest absolute Gasteiger partial charge is 0.337 e. The number of nitrogens with zero attached hydrogens (tertiary/aromatic N) is 2. The molecule has 2 aromatic rings. The molecule has 3 N–H and O–H groups in total. The van der Waals surface area contributed by atoms with E-state index in [9.17, 15) is 9.59 Å². The highest BCUT2D eigenvalue weighted by molar-refractivity contribution is 6.00. The SMILES string of the molecule is Cc1cccc(C(=O)O)c1NC(=O)NCc1cccnn1. The van der Waals surface area contributed by atoms with E-state index in [1.165, 1.54) is 12.3 Å². The molecular weight excluding hydrogens is 272 g/mol. The molecule has 0 bridgehead atoms. The van der Waals surface area contributed by atoms with Gasteiger partial charge in [0.05, 0.1) is 23.5 Å². The second-order valence-electron chi connectivity index (χ2n) is 4.33. The van der Waals surface area contributed by atoms with E-state index < -0.39 is 12.0 Å². The fourth-order valence-corrected chi connectivity index (χ4v) is 1.77. The highest BCUT2D eigenvalue weighted by atomic mass is 16.4. The molecule has 0 spiro atoms. The Balaban J connectivity index is 2.05. The number of aromatic carboxylic acids is 1.